The van der Waals surface area contributed by atoms with Crippen molar-refractivity contribution in [3.63, 3.8) is 0 Å². The van der Waals surface area contributed by atoms with E-state index in [9.17, 15) is 10.1 Å². The van der Waals surface area contributed by atoms with Gasteiger partial charge in [0, 0.05) is 0 Å². The normalized spacial score (nSPS) is 9.94. The summed E-state index contributed by atoms with van der Waals surface area (Å²) in [7, 11) is 1.43. The summed E-state index contributed by atoms with van der Waals surface area (Å²) in [5.41, 5.74) is 1.37. The van der Waals surface area contributed by atoms with Crippen molar-refractivity contribution in [2.45, 2.75) is 0 Å². The van der Waals surface area contributed by atoms with Gasteiger partial charge >= 0.3 is 5.69 Å². The summed E-state index contributed by atoms with van der Waals surface area (Å²) in [6.07, 6.45) is 0. The lowest BCUT2D eigenvalue weighted by Gasteiger charge is -2.06. The zero-order valence-electron chi connectivity index (χ0n) is 9.29. The molecule has 2 rings (SSSR count). The summed E-state index contributed by atoms with van der Waals surface area (Å²) >= 11 is 0. The Bertz CT molecular complexity index is 538. The maximum Gasteiger partial charge on any atom is 0.318 e. The van der Waals surface area contributed by atoms with E-state index in [0.29, 0.717) is 5.56 Å². The number of nitro groups is 1. The van der Waals surface area contributed by atoms with Crippen molar-refractivity contribution in [1.82, 2.24) is 0 Å². The molecule has 0 aliphatic heterocycles. The van der Waals surface area contributed by atoms with Crippen LogP contribution >= 0.6 is 0 Å². The van der Waals surface area contributed by atoms with Gasteiger partial charge in [0.15, 0.2) is 5.75 Å². The minimum Gasteiger partial charge on any atom is -0.490 e. The van der Waals surface area contributed by atoms with E-state index < -0.39 is 4.92 Å². The Morgan fingerprint density at radius 3 is 2.35 bits per heavy atom. The first-order valence-electron chi connectivity index (χ1n) is 5.11. The van der Waals surface area contributed by atoms with Crippen LogP contribution in [0, 0.1) is 10.1 Å². The molecule has 0 radical (unpaired) electrons. The maximum atomic E-state index is 11.1. The molecule has 0 bridgehead atoms. The van der Waals surface area contributed by atoms with Crippen LogP contribution in [0.3, 0.4) is 0 Å². The van der Waals surface area contributed by atoms with E-state index in [4.69, 9.17) is 4.74 Å². The summed E-state index contributed by atoms with van der Waals surface area (Å²) in [6.45, 7) is 0. The molecular formula is C13H11NO3. The molecule has 17 heavy (non-hydrogen) atoms. The first-order valence-corrected chi connectivity index (χ1v) is 5.11. The van der Waals surface area contributed by atoms with Crippen molar-refractivity contribution in [3.05, 3.63) is 58.6 Å². The highest BCUT2D eigenvalue weighted by Crippen LogP contribution is 2.37. The second-order valence-corrected chi connectivity index (χ2v) is 3.48. The number of rotatable bonds is 3. The number of hydrogen-bond acceptors (Lipinski definition) is 3. The molecule has 0 aromatic heterocycles. The van der Waals surface area contributed by atoms with E-state index in [1.54, 1.807) is 18.2 Å². The number of nitrogens with zero attached hydrogens (tertiary/aromatic N) is 1. The fraction of sp³-hybridized carbons (Fsp3) is 0.0769. The van der Waals surface area contributed by atoms with Gasteiger partial charge in [-0.1, -0.05) is 36.4 Å². The molecule has 0 saturated heterocycles. The van der Waals surface area contributed by atoms with Crippen LogP contribution in [0.2, 0.25) is 0 Å². The van der Waals surface area contributed by atoms with Gasteiger partial charge in [-0.15, -0.1) is 0 Å². The fourth-order valence-corrected chi connectivity index (χ4v) is 1.73. The molecule has 0 fully saturated rings. The average Bonchev–Trinajstić information content (AvgIpc) is 2.38. The number of ether oxygens (including phenoxy) is 1. The molecule has 0 aliphatic rings. The zero-order valence-corrected chi connectivity index (χ0v) is 9.29. The predicted molar refractivity (Wildman–Crippen MR) is 65.1 cm³/mol. The maximum absolute atomic E-state index is 11.1. The molecule has 0 N–H and O–H groups in total. The summed E-state index contributed by atoms with van der Waals surface area (Å²) in [5, 5.41) is 11.1. The van der Waals surface area contributed by atoms with Gasteiger partial charge in [-0.25, -0.2) is 0 Å². The standard InChI is InChI=1S/C13H11NO3/c1-17-12-9-5-8-11(13(12)14(15)16)10-6-3-2-4-7-10/h2-9H,1H3. The van der Waals surface area contributed by atoms with Crippen LogP contribution in [-0.2, 0) is 0 Å². The minimum absolute atomic E-state index is 0.00111. The number of benzene rings is 2. The van der Waals surface area contributed by atoms with E-state index in [-0.39, 0.29) is 11.4 Å². The number of methoxy groups -OCH3 is 1. The van der Waals surface area contributed by atoms with E-state index in [2.05, 4.69) is 0 Å². The Balaban J connectivity index is 2.66. The SMILES string of the molecule is COc1cccc(-c2ccccc2)c1[N+](=O)[O-]. The van der Waals surface area contributed by atoms with Crippen LogP contribution in [0.4, 0.5) is 5.69 Å². The number of hydrogen-bond donors (Lipinski definition) is 0. The van der Waals surface area contributed by atoms with Crippen LogP contribution in [0.5, 0.6) is 5.75 Å². The lowest BCUT2D eigenvalue weighted by molar-refractivity contribution is -0.385. The summed E-state index contributed by atoms with van der Waals surface area (Å²) in [4.78, 5) is 10.7. The Labute approximate surface area is 98.6 Å². The van der Waals surface area contributed by atoms with Crippen molar-refractivity contribution in [1.29, 1.82) is 0 Å². The minimum atomic E-state index is -0.416. The fourth-order valence-electron chi connectivity index (χ4n) is 1.73. The molecule has 0 saturated carbocycles. The third-order valence-corrected chi connectivity index (χ3v) is 2.49. The van der Waals surface area contributed by atoms with Gasteiger partial charge in [-0.05, 0) is 17.7 Å². The molecule has 0 amide bonds. The quantitative estimate of drug-likeness (QED) is 0.599. The molecular weight excluding hydrogens is 218 g/mol. The third-order valence-electron chi connectivity index (χ3n) is 2.49. The van der Waals surface area contributed by atoms with Gasteiger partial charge in [-0.2, -0.15) is 0 Å². The van der Waals surface area contributed by atoms with Gasteiger partial charge in [0.2, 0.25) is 0 Å². The second kappa shape index (κ2) is 4.65. The Morgan fingerprint density at radius 2 is 1.76 bits per heavy atom. The molecule has 4 heteroatoms. The zero-order chi connectivity index (χ0) is 12.3. The van der Waals surface area contributed by atoms with Gasteiger partial charge < -0.3 is 4.74 Å². The molecule has 2 aromatic carbocycles. The highest BCUT2D eigenvalue weighted by molar-refractivity contribution is 5.77. The monoisotopic (exact) mass is 229 g/mol. The van der Waals surface area contributed by atoms with Gasteiger partial charge in [0.05, 0.1) is 17.6 Å². The lowest BCUT2D eigenvalue weighted by atomic mass is 10.0. The molecule has 2 aromatic rings. The predicted octanol–water partition coefficient (Wildman–Crippen LogP) is 3.27. The van der Waals surface area contributed by atoms with E-state index in [1.807, 2.05) is 30.3 Å². The van der Waals surface area contributed by atoms with Crippen LogP contribution in [0.1, 0.15) is 0 Å². The van der Waals surface area contributed by atoms with Crippen molar-refractivity contribution in [2.75, 3.05) is 7.11 Å². The third kappa shape index (κ3) is 2.10. The Kier molecular flexibility index (Phi) is 3.05. The summed E-state index contributed by atoms with van der Waals surface area (Å²) in [5.74, 6) is 0.274. The largest absolute Gasteiger partial charge is 0.490 e. The van der Waals surface area contributed by atoms with E-state index >= 15 is 0 Å². The van der Waals surface area contributed by atoms with E-state index in [1.165, 1.54) is 7.11 Å². The Morgan fingerprint density at radius 1 is 1.06 bits per heavy atom. The molecule has 0 spiro atoms. The average molecular weight is 229 g/mol. The first-order chi connectivity index (χ1) is 8.24. The van der Waals surface area contributed by atoms with Crippen molar-refractivity contribution >= 4 is 5.69 Å². The van der Waals surface area contributed by atoms with Crippen LogP contribution in [-0.4, -0.2) is 12.0 Å². The van der Waals surface area contributed by atoms with Gasteiger partial charge in [0.1, 0.15) is 0 Å². The topological polar surface area (TPSA) is 52.4 Å². The molecule has 0 unspecified atom stereocenters. The van der Waals surface area contributed by atoms with Gasteiger partial charge in [-0.3, -0.25) is 10.1 Å². The summed E-state index contributed by atoms with van der Waals surface area (Å²) < 4.78 is 5.03. The van der Waals surface area contributed by atoms with Crippen molar-refractivity contribution in [2.24, 2.45) is 0 Å². The second-order valence-electron chi connectivity index (χ2n) is 3.48. The number of para-hydroxylation sites is 1. The first kappa shape index (κ1) is 11.1. The number of nitro benzene ring substituents is 1. The van der Waals surface area contributed by atoms with Crippen LogP contribution in [0.25, 0.3) is 11.1 Å². The smallest absolute Gasteiger partial charge is 0.318 e. The van der Waals surface area contributed by atoms with Crippen molar-refractivity contribution in [3.8, 4) is 16.9 Å². The highest BCUT2D eigenvalue weighted by atomic mass is 16.6. The molecule has 0 heterocycles. The van der Waals surface area contributed by atoms with Crippen LogP contribution in [0.15, 0.2) is 48.5 Å². The Hall–Kier alpha value is -2.36. The van der Waals surface area contributed by atoms with Crippen molar-refractivity contribution < 1.29 is 9.66 Å². The molecule has 86 valence electrons. The molecule has 0 aliphatic carbocycles. The van der Waals surface area contributed by atoms with E-state index in [0.717, 1.165) is 5.56 Å². The molecule has 0 atom stereocenters. The summed E-state index contributed by atoms with van der Waals surface area (Å²) in [6, 6.07) is 14.3. The van der Waals surface area contributed by atoms with Gasteiger partial charge in [0.25, 0.3) is 0 Å². The lowest BCUT2D eigenvalue weighted by Crippen LogP contribution is -1.96. The molecule has 4 nitrogen and oxygen atoms in total. The highest BCUT2D eigenvalue weighted by Gasteiger charge is 2.20. The van der Waals surface area contributed by atoms with Crippen LogP contribution < -0.4 is 4.74 Å².